The van der Waals surface area contributed by atoms with Crippen molar-refractivity contribution < 1.29 is 29.4 Å². The Morgan fingerprint density at radius 2 is 1.67 bits per heavy atom. The van der Waals surface area contributed by atoms with Gasteiger partial charge in [0.2, 0.25) is 0 Å². The van der Waals surface area contributed by atoms with Crippen molar-refractivity contribution >= 4 is 47.1 Å². The Balaban J connectivity index is 0. The average Bonchev–Trinajstić information content (AvgIpc) is 2.46. The standard InChI is InChI=1S/C10H12O2.C2H6.CH5BO2.2HI.V/c1-7-6-12-9-5-3-2-4-8(9)10(7)11;1-2;1-2(3)4;;;/h2-5,7,10-11H,6H2,1H3;1-2H3;3-4H,1H3;2*1H;/q;;;;;+2/p-2/t7-,10+;;;;;/m0...../s1. The van der Waals surface area contributed by atoms with Gasteiger partial charge in [-0.15, -0.1) is 0 Å². The SMILES string of the molecule is CB(O)O.CC.C[C@H]1COc2ccccc2[C@@H]1O.[I][V][I]. The van der Waals surface area contributed by atoms with Crippen LogP contribution in [0.1, 0.15) is 32.4 Å². The fourth-order valence-corrected chi connectivity index (χ4v) is 1.48. The third kappa shape index (κ3) is 12.1. The monoisotopic (exact) mass is 559 g/mol. The summed E-state index contributed by atoms with van der Waals surface area (Å²) in [6.45, 7) is 7.87. The topological polar surface area (TPSA) is 69.9 Å². The van der Waals surface area contributed by atoms with Crippen molar-refractivity contribution in [3.8, 4) is 5.75 Å². The number of fused-ring (bicyclic) bond motifs is 1. The molecule has 8 heteroatoms. The summed E-state index contributed by atoms with van der Waals surface area (Å²) in [5.41, 5.74) is 0.913. The number of benzene rings is 1. The summed E-state index contributed by atoms with van der Waals surface area (Å²) in [7, 11) is -0.539. The number of halogens is 2. The van der Waals surface area contributed by atoms with Crippen molar-refractivity contribution in [3.63, 3.8) is 0 Å². The molecule has 0 aromatic heterocycles. The molecule has 0 amide bonds. The molecular formula is C13H23BI2O4V. The number of hydrogen-bond acceptors (Lipinski definition) is 4. The van der Waals surface area contributed by atoms with E-state index in [1.54, 1.807) is 0 Å². The van der Waals surface area contributed by atoms with E-state index in [1.807, 2.05) is 45.0 Å². The van der Waals surface area contributed by atoms with Crippen LogP contribution in [0.5, 0.6) is 5.75 Å². The van der Waals surface area contributed by atoms with Crippen LogP contribution in [0, 0.1) is 5.92 Å². The van der Waals surface area contributed by atoms with E-state index in [9.17, 15) is 5.11 Å². The molecule has 1 heterocycles. The first-order valence-electron chi connectivity index (χ1n) is 6.62. The van der Waals surface area contributed by atoms with E-state index in [0.29, 0.717) is 16.1 Å². The maximum absolute atomic E-state index is 9.75. The van der Waals surface area contributed by atoms with E-state index in [2.05, 4.69) is 40.0 Å². The number of aliphatic hydroxyl groups is 1. The van der Waals surface area contributed by atoms with Gasteiger partial charge in [-0.05, 0) is 12.9 Å². The summed E-state index contributed by atoms with van der Waals surface area (Å²) in [6.07, 6.45) is -0.366. The molecule has 0 radical (unpaired) electrons. The number of para-hydroxylation sites is 1. The Morgan fingerprint density at radius 3 is 2.14 bits per heavy atom. The van der Waals surface area contributed by atoms with E-state index in [-0.39, 0.29) is 12.0 Å². The van der Waals surface area contributed by atoms with E-state index >= 15 is 0 Å². The number of rotatable bonds is 0. The molecule has 0 saturated carbocycles. The zero-order chi connectivity index (χ0) is 16.8. The predicted octanol–water partition coefficient (Wildman–Crippen LogP) is 3.63. The summed E-state index contributed by atoms with van der Waals surface area (Å²) < 4.78 is 5.45. The molecule has 1 aliphatic heterocycles. The van der Waals surface area contributed by atoms with Crippen molar-refractivity contribution in [2.24, 2.45) is 5.92 Å². The predicted molar refractivity (Wildman–Crippen MR) is 102 cm³/mol. The molecule has 3 N–H and O–H groups in total. The Kier molecular flexibility index (Phi) is 18.4. The van der Waals surface area contributed by atoms with Crippen LogP contribution >= 0.6 is 40.0 Å². The molecule has 0 saturated heterocycles. The molecule has 1 aliphatic rings. The van der Waals surface area contributed by atoms with Crippen LogP contribution in [0.15, 0.2) is 24.3 Å². The Bertz CT molecular complexity index is 356. The molecule has 0 spiro atoms. The van der Waals surface area contributed by atoms with E-state index < -0.39 is 7.12 Å². The van der Waals surface area contributed by atoms with Crippen LogP contribution < -0.4 is 4.74 Å². The fourth-order valence-electron chi connectivity index (χ4n) is 1.48. The van der Waals surface area contributed by atoms with Gasteiger partial charge in [0, 0.05) is 11.5 Å². The molecule has 1 aromatic rings. The van der Waals surface area contributed by atoms with Crippen LogP contribution in [-0.2, 0) is 9.47 Å². The van der Waals surface area contributed by atoms with Gasteiger partial charge >= 0.3 is 56.5 Å². The molecular weight excluding hydrogens is 536 g/mol. The van der Waals surface area contributed by atoms with Gasteiger partial charge in [0.15, 0.2) is 0 Å². The van der Waals surface area contributed by atoms with Crippen molar-refractivity contribution in [1.29, 1.82) is 0 Å². The minimum absolute atomic E-state index is 0.194. The number of aliphatic hydroxyl groups excluding tert-OH is 1. The summed E-state index contributed by atoms with van der Waals surface area (Å²) >= 11 is 4.74. The normalized spacial score (nSPS) is 18.0. The number of hydrogen-bond donors (Lipinski definition) is 3. The molecule has 0 aliphatic carbocycles. The molecule has 0 bridgehead atoms. The van der Waals surface area contributed by atoms with Gasteiger partial charge in [0.25, 0.3) is 0 Å². The molecule has 121 valence electrons. The Labute approximate surface area is 157 Å². The molecule has 0 unspecified atom stereocenters. The molecule has 1 aromatic carbocycles. The van der Waals surface area contributed by atoms with Crippen LogP contribution in [0.3, 0.4) is 0 Å². The first-order chi connectivity index (χ1) is 9.93. The average molecular weight is 559 g/mol. The zero-order valence-corrected chi connectivity index (χ0v) is 18.4. The van der Waals surface area contributed by atoms with Crippen LogP contribution in [0.2, 0.25) is 6.82 Å². The summed E-state index contributed by atoms with van der Waals surface area (Å²) in [6, 6.07) is 7.64. The number of ether oxygens (including phenoxy) is 1. The van der Waals surface area contributed by atoms with Gasteiger partial charge in [-0.1, -0.05) is 39.0 Å². The summed E-state index contributed by atoms with van der Waals surface area (Å²) in [5, 5.41) is 25.0. The van der Waals surface area contributed by atoms with Gasteiger partial charge in [0.1, 0.15) is 5.75 Å². The van der Waals surface area contributed by atoms with Gasteiger partial charge in [-0.25, -0.2) is 0 Å². The molecule has 4 nitrogen and oxygen atoms in total. The molecule has 2 atom stereocenters. The zero-order valence-electron chi connectivity index (χ0n) is 12.7. The minimum atomic E-state index is -1.17. The van der Waals surface area contributed by atoms with Crippen LogP contribution in [0.25, 0.3) is 0 Å². The molecule has 0 fully saturated rings. The maximum atomic E-state index is 9.75. The third-order valence-corrected chi connectivity index (χ3v) is 2.28. The van der Waals surface area contributed by atoms with Gasteiger partial charge in [-0.2, -0.15) is 0 Å². The Hall–Kier alpha value is 1.01. The van der Waals surface area contributed by atoms with E-state index in [4.69, 9.17) is 14.8 Å². The molecule has 2 rings (SSSR count). The summed E-state index contributed by atoms with van der Waals surface area (Å²) in [5.74, 6) is 1.02. The summed E-state index contributed by atoms with van der Waals surface area (Å²) in [4.78, 5) is 0. The molecule has 21 heavy (non-hydrogen) atoms. The van der Waals surface area contributed by atoms with Gasteiger partial charge in [0.05, 0.1) is 12.7 Å². The quantitative estimate of drug-likeness (QED) is 0.336. The second-order valence-corrected chi connectivity index (χ2v) is 15.8. The van der Waals surface area contributed by atoms with E-state index in [1.165, 1.54) is 6.82 Å². The van der Waals surface area contributed by atoms with Crippen molar-refractivity contribution in [1.82, 2.24) is 0 Å². The third-order valence-electron chi connectivity index (χ3n) is 2.28. The first kappa shape index (κ1) is 24.3. The van der Waals surface area contributed by atoms with Crippen LogP contribution in [-0.4, -0.2) is 28.9 Å². The van der Waals surface area contributed by atoms with E-state index in [0.717, 1.165) is 11.3 Å². The van der Waals surface area contributed by atoms with Crippen molar-refractivity contribution in [2.45, 2.75) is 33.7 Å². The van der Waals surface area contributed by atoms with Gasteiger partial charge in [-0.3, -0.25) is 0 Å². The van der Waals surface area contributed by atoms with Crippen LogP contribution in [0.4, 0.5) is 0 Å². The second kappa shape index (κ2) is 15.9. The van der Waals surface area contributed by atoms with Crippen molar-refractivity contribution in [2.75, 3.05) is 6.61 Å². The van der Waals surface area contributed by atoms with Gasteiger partial charge < -0.3 is 19.9 Å². The fraction of sp³-hybridized carbons (Fsp3) is 0.538. The first-order valence-corrected chi connectivity index (χ1v) is 15.6. The Morgan fingerprint density at radius 1 is 1.24 bits per heavy atom. The second-order valence-electron chi connectivity index (χ2n) is 3.97. The van der Waals surface area contributed by atoms with Crippen molar-refractivity contribution in [3.05, 3.63) is 29.8 Å².